The zero-order chi connectivity index (χ0) is 16.2. The van der Waals surface area contributed by atoms with Gasteiger partial charge in [0.25, 0.3) is 5.91 Å². The molecule has 0 aromatic heterocycles. The summed E-state index contributed by atoms with van der Waals surface area (Å²) in [5, 5.41) is 2.97. The van der Waals surface area contributed by atoms with Gasteiger partial charge in [-0.1, -0.05) is 30.3 Å². The SMILES string of the molecule is C[C@@H](NC(=O)c1ccc(N2CCOC2=O)cc1)c1ccccc1. The van der Waals surface area contributed by atoms with Gasteiger partial charge in [0, 0.05) is 11.3 Å². The monoisotopic (exact) mass is 310 g/mol. The second-order valence-electron chi connectivity index (χ2n) is 5.42. The second kappa shape index (κ2) is 6.52. The molecule has 1 aliphatic heterocycles. The van der Waals surface area contributed by atoms with Crippen molar-refractivity contribution in [1.29, 1.82) is 0 Å². The maximum Gasteiger partial charge on any atom is 0.414 e. The quantitative estimate of drug-likeness (QED) is 0.944. The number of carbonyl (C=O) groups excluding carboxylic acids is 2. The van der Waals surface area contributed by atoms with Gasteiger partial charge in [0.15, 0.2) is 0 Å². The van der Waals surface area contributed by atoms with Crippen LogP contribution in [0.15, 0.2) is 54.6 Å². The summed E-state index contributed by atoms with van der Waals surface area (Å²) in [6, 6.07) is 16.7. The van der Waals surface area contributed by atoms with E-state index in [0.29, 0.717) is 18.7 Å². The van der Waals surface area contributed by atoms with Gasteiger partial charge in [-0.3, -0.25) is 9.69 Å². The van der Waals surface area contributed by atoms with Crippen LogP contribution in [-0.4, -0.2) is 25.2 Å². The molecule has 2 aromatic rings. The van der Waals surface area contributed by atoms with E-state index in [1.807, 2.05) is 37.3 Å². The highest BCUT2D eigenvalue weighted by atomic mass is 16.6. The van der Waals surface area contributed by atoms with Crippen molar-refractivity contribution in [3.05, 3.63) is 65.7 Å². The lowest BCUT2D eigenvalue weighted by atomic mass is 10.1. The van der Waals surface area contributed by atoms with Crippen LogP contribution in [0.5, 0.6) is 0 Å². The van der Waals surface area contributed by atoms with Gasteiger partial charge in [0.2, 0.25) is 0 Å². The zero-order valence-electron chi connectivity index (χ0n) is 12.9. The van der Waals surface area contributed by atoms with Gasteiger partial charge >= 0.3 is 6.09 Å². The number of anilines is 1. The minimum Gasteiger partial charge on any atom is -0.447 e. The third kappa shape index (κ3) is 3.34. The number of ether oxygens (including phenoxy) is 1. The molecule has 0 bridgehead atoms. The Morgan fingerprint density at radius 3 is 2.43 bits per heavy atom. The molecule has 5 heteroatoms. The van der Waals surface area contributed by atoms with Gasteiger partial charge in [-0.05, 0) is 36.8 Å². The van der Waals surface area contributed by atoms with Gasteiger partial charge in [0.05, 0.1) is 12.6 Å². The molecule has 2 aromatic carbocycles. The van der Waals surface area contributed by atoms with Crippen LogP contribution in [0.25, 0.3) is 0 Å². The molecule has 5 nitrogen and oxygen atoms in total. The Hall–Kier alpha value is -2.82. The summed E-state index contributed by atoms with van der Waals surface area (Å²) < 4.78 is 4.91. The molecule has 23 heavy (non-hydrogen) atoms. The van der Waals surface area contributed by atoms with Crippen molar-refractivity contribution in [1.82, 2.24) is 5.32 Å². The molecule has 1 N–H and O–H groups in total. The first-order valence-corrected chi connectivity index (χ1v) is 7.55. The maximum absolute atomic E-state index is 12.3. The Morgan fingerprint density at radius 2 is 1.83 bits per heavy atom. The number of cyclic esters (lactones) is 1. The molecule has 0 radical (unpaired) electrons. The number of nitrogens with one attached hydrogen (secondary N) is 1. The summed E-state index contributed by atoms with van der Waals surface area (Å²) in [5.74, 6) is -0.142. The minimum absolute atomic E-state index is 0.0723. The summed E-state index contributed by atoms with van der Waals surface area (Å²) in [4.78, 5) is 25.4. The zero-order valence-corrected chi connectivity index (χ0v) is 12.9. The largest absolute Gasteiger partial charge is 0.447 e. The van der Waals surface area contributed by atoms with Crippen molar-refractivity contribution >= 4 is 17.7 Å². The predicted octanol–water partition coefficient (Wildman–Crippen LogP) is 3.13. The predicted molar refractivity (Wildman–Crippen MR) is 87.5 cm³/mol. The summed E-state index contributed by atoms with van der Waals surface area (Å²) in [6.45, 7) is 2.88. The highest BCUT2D eigenvalue weighted by Gasteiger charge is 2.23. The number of nitrogens with zero attached hydrogens (tertiary/aromatic N) is 1. The summed E-state index contributed by atoms with van der Waals surface area (Å²) in [5.41, 5.74) is 2.35. The molecule has 1 aliphatic rings. The van der Waals surface area contributed by atoms with Gasteiger partial charge in [0.1, 0.15) is 6.61 Å². The number of hydrogen-bond donors (Lipinski definition) is 1. The molecule has 118 valence electrons. The Kier molecular flexibility index (Phi) is 4.28. The van der Waals surface area contributed by atoms with Crippen molar-refractivity contribution in [2.24, 2.45) is 0 Å². The Labute approximate surface area is 134 Å². The van der Waals surface area contributed by atoms with E-state index < -0.39 is 0 Å². The molecule has 2 amide bonds. The molecular weight excluding hydrogens is 292 g/mol. The minimum atomic E-state index is -0.347. The molecule has 1 fully saturated rings. The van der Waals surface area contributed by atoms with Crippen molar-refractivity contribution < 1.29 is 14.3 Å². The second-order valence-corrected chi connectivity index (χ2v) is 5.42. The fourth-order valence-corrected chi connectivity index (χ4v) is 2.53. The highest BCUT2D eigenvalue weighted by Crippen LogP contribution is 2.20. The van der Waals surface area contributed by atoms with Crippen LogP contribution in [0.1, 0.15) is 28.9 Å². The van der Waals surface area contributed by atoms with Crippen LogP contribution >= 0.6 is 0 Å². The summed E-state index contributed by atoms with van der Waals surface area (Å²) in [6.07, 6.45) is -0.347. The molecule has 0 aliphatic carbocycles. The summed E-state index contributed by atoms with van der Waals surface area (Å²) in [7, 11) is 0. The van der Waals surface area contributed by atoms with Gasteiger partial charge in [-0.25, -0.2) is 4.79 Å². The smallest absolute Gasteiger partial charge is 0.414 e. The first-order chi connectivity index (χ1) is 11.1. The Bertz CT molecular complexity index is 698. The van der Waals surface area contributed by atoms with E-state index in [1.54, 1.807) is 29.2 Å². The van der Waals surface area contributed by atoms with Crippen LogP contribution in [0.2, 0.25) is 0 Å². The topological polar surface area (TPSA) is 58.6 Å². The lowest BCUT2D eigenvalue weighted by Gasteiger charge is -2.15. The fraction of sp³-hybridized carbons (Fsp3) is 0.222. The van der Waals surface area contributed by atoms with Crippen LogP contribution in [0, 0.1) is 0 Å². The van der Waals surface area contributed by atoms with Gasteiger partial charge < -0.3 is 10.1 Å². The third-order valence-electron chi connectivity index (χ3n) is 3.85. The lowest BCUT2D eigenvalue weighted by molar-refractivity contribution is 0.0940. The van der Waals surface area contributed by atoms with E-state index in [2.05, 4.69) is 5.32 Å². The van der Waals surface area contributed by atoms with E-state index >= 15 is 0 Å². The number of amides is 2. The molecule has 1 atom stereocenters. The van der Waals surface area contributed by atoms with E-state index in [0.717, 1.165) is 11.3 Å². The van der Waals surface area contributed by atoms with Crippen LogP contribution in [0.3, 0.4) is 0 Å². The molecule has 1 saturated heterocycles. The Morgan fingerprint density at radius 1 is 1.13 bits per heavy atom. The van der Waals surface area contributed by atoms with Crippen LogP contribution in [0.4, 0.5) is 10.5 Å². The normalized spacial score (nSPS) is 15.2. The first-order valence-electron chi connectivity index (χ1n) is 7.55. The Balaban J connectivity index is 1.67. The fourth-order valence-electron chi connectivity index (χ4n) is 2.53. The number of hydrogen-bond acceptors (Lipinski definition) is 3. The summed E-state index contributed by atoms with van der Waals surface area (Å²) >= 11 is 0. The number of carbonyl (C=O) groups is 2. The standard InChI is InChI=1S/C18H18N2O3/c1-13(14-5-3-2-4-6-14)19-17(21)15-7-9-16(10-8-15)20-11-12-23-18(20)22/h2-10,13H,11-12H2,1H3,(H,19,21)/t13-/m1/s1. The third-order valence-corrected chi connectivity index (χ3v) is 3.85. The average molecular weight is 310 g/mol. The van der Waals surface area contributed by atoms with E-state index in [1.165, 1.54) is 0 Å². The first kappa shape index (κ1) is 15.1. The highest BCUT2D eigenvalue weighted by molar-refractivity contribution is 5.95. The van der Waals surface area contributed by atoms with Crippen molar-refractivity contribution in [3.8, 4) is 0 Å². The average Bonchev–Trinajstić information content (AvgIpc) is 3.02. The molecular formula is C18H18N2O3. The molecule has 0 saturated carbocycles. The lowest BCUT2D eigenvalue weighted by Crippen LogP contribution is -2.27. The van der Waals surface area contributed by atoms with E-state index in [9.17, 15) is 9.59 Å². The molecule has 3 rings (SSSR count). The maximum atomic E-state index is 12.3. The van der Waals surface area contributed by atoms with E-state index in [-0.39, 0.29) is 18.0 Å². The molecule has 0 spiro atoms. The van der Waals surface area contributed by atoms with E-state index in [4.69, 9.17) is 4.74 Å². The van der Waals surface area contributed by atoms with Crippen molar-refractivity contribution in [3.63, 3.8) is 0 Å². The van der Waals surface area contributed by atoms with Crippen LogP contribution < -0.4 is 10.2 Å². The number of benzene rings is 2. The van der Waals surface area contributed by atoms with Gasteiger partial charge in [-0.2, -0.15) is 0 Å². The molecule has 1 heterocycles. The molecule has 0 unspecified atom stereocenters. The van der Waals surface area contributed by atoms with Crippen molar-refractivity contribution in [2.75, 3.05) is 18.1 Å². The van der Waals surface area contributed by atoms with Crippen LogP contribution in [-0.2, 0) is 4.74 Å². The van der Waals surface area contributed by atoms with Gasteiger partial charge in [-0.15, -0.1) is 0 Å². The number of rotatable bonds is 4. The van der Waals surface area contributed by atoms with Crippen molar-refractivity contribution in [2.45, 2.75) is 13.0 Å².